The van der Waals surface area contributed by atoms with Crippen LogP contribution in [0.2, 0.25) is 0 Å². The minimum Gasteiger partial charge on any atom is -0.264 e. The Morgan fingerprint density at radius 3 is 2.32 bits per heavy atom. The lowest BCUT2D eigenvalue weighted by Crippen LogP contribution is -2.05. The molecular formula is C16H12F3N3. The Hall–Kier alpha value is -2.63. The van der Waals surface area contributed by atoms with E-state index in [2.05, 4.69) is 10.1 Å². The van der Waals surface area contributed by atoms with E-state index in [1.54, 1.807) is 24.8 Å². The molecule has 0 bridgehead atoms. The first-order chi connectivity index (χ1) is 10.4. The first kappa shape index (κ1) is 14.3. The van der Waals surface area contributed by atoms with Gasteiger partial charge in [0.25, 0.3) is 0 Å². The van der Waals surface area contributed by atoms with E-state index in [9.17, 15) is 13.2 Å². The van der Waals surface area contributed by atoms with Crippen LogP contribution >= 0.6 is 0 Å². The van der Waals surface area contributed by atoms with Gasteiger partial charge in [0.15, 0.2) is 0 Å². The number of aromatic nitrogens is 3. The molecule has 2 heterocycles. The largest absolute Gasteiger partial charge is 0.416 e. The van der Waals surface area contributed by atoms with Crippen molar-refractivity contribution in [1.29, 1.82) is 0 Å². The smallest absolute Gasteiger partial charge is 0.264 e. The maximum absolute atomic E-state index is 12.6. The van der Waals surface area contributed by atoms with E-state index in [1.807, 2.05) is 13.0 Å². The monoisotopic (exact) mass is 303 g/mol. The van der Waals surface area contributed by atoms with Gasteiger partial charge in [-0.15, -0.1) is 0 Å². The lowest BCUT2D eigenvalue weighted by atomic mass is 10.1. The normalized spacial score (nSPS) is 11.6. The van der Waals surface area contributed by atoms with Gasteiger partial charge < -0.3 is 0 Å². The summed E-state index contributed by atoms with van der Waals surface area (Å²) >= 11 is 0. The predicted octanol–water partition coefficient (Wildman–Crippen LogP) is 4.26. The van der Waals surface area contributed by atoms with Gasteiger partial charge in [0.1, 0.15) is 0 Å². The minimum absolute atomic E-state index is 0.569. The van der Waals surface area contributed by atoms with E-state index in [1.165, 1.54) is 16.8 Å². The predicted molar refractivity (Wildman–Crippen MR) is 76.5 cm³/mol. The minimum atomic E-state index is -4.33. The van der Waals surface area contributed by atoms with Crippen LogP contribution in [0, 0.1) is 6.92 Å². The summed E-state index contributed by atoms with van der Waals surface area (Å²) in [7, 11) is 0. The summed E-state index contributed by atoms with van der Waals surface area (Å²) in [4.78, 5) is 4.12. The van der Waals surface area contributed by atoms with E-state index >= 15 is 0 Å². The molecule has 0 N–H and O–H groups in total. The number of pyridine rings is 1. The Labute approximate surface area is 125 Å². The molecule has 112 valence electrons. The Morgan fingerprint density at radius 1 is 0.955 bits per heavy atom. The van der Waals surface area contributed by atoms with Crippen LogP contribution in [-0.2, 0) is 6.18 Å². The zero-order valence-corrected chi connectivity index (χ0v) is 11.7. The molecule has 0 saturated heterocycles. The van der Waals surface area contributed by atoms with Crippen LogP contribution in [0.1, 0.15) is 11.1 Å². The Bertz CT molecular complexity index is 789. The third-order valence-corrected chi connectivity index (χ3v) is 3.25. The highest BCUT2D eigenvalue weighted by Crippen LogP contribution is 2.29. The van der Waals surface area contributed by atoms with E-state index < -0.39 is 11.7 Å². The molecular weight excluding hydrogens is 291 g/mol. The molecule has 0 fully saturated rings. The highest BCUT2D eigenvalue weighted by Gasteiger charge is 2.30. The number of hydrogen-bond donors (Lipinski definition) is 0. The van der Waals surface area contributed by atoms with Crippen molar-refractivity contribution in [3.05, 3.63) is 66.2 Å². The van der Waals surface area contributed by atoms with Gasteiger partial charge in [0, 0.05) is 29.7 Å². The summed E-state index contributed by atoms with van der Waals surface area (Å²) in [5.41, 5.74) is 2.69. The van der Waals surface area contributed by atoms with Gasteiger partial charge in [-0.3, -0.25) is 4.98 Å². The molecule has 1 aromatic carbocycles. The molecule has 3 nitrogen and oxygen atoms in total. The third-order valence-electron chi connectivity index (χ3n) is 3.25. The van der Waals surface area contributed by atoms with Crippen LogP contribution in [-0.4, -0.2) is 14.8 Å². The van der Waals surface area contributed by atoms with Gasteiger partial charge in [-0.05, 0) is 42.8 Å². The van der Waals surface area contributed by atoms with Gasteiger partial charge in [-0.2, -0.15) is 18.3 Å². The second kappa shape index (κ2) is 5.29. The summed E-state index contributed by atoms with van der Waals surface area (Å²) in [6.45, 7) is 1.94. The van der Waals surface area contributed by atoms with Crippen molar-refractivity contribution < 1.29 is 13.2 Å². The molecule has 0 atom stereocenters. The van der Waals surface area contributed by atoms with Crippen molar-refractivity contribution in [2.75, 3.05) is 0 Å². The summed E-state index contributed by atoms with van der Waals surface area (Å²) in [6.07, 6.45) is 2.57. The molecule has 3 aromatic rings. The standard InChI is InChI=1S/C16H12F3N3/c1-11-6-12(8-20-7-11)13-9-21-22(10-13)15-4-2-14(3-5-15)16(17,18)19/h2-10H,1H3. The molecule has 6 heteroatoms. The molecule has 0 amide bonds. The van der Waals surface area contributed by atoms with Gasteiger partial charge in [0.05, 0.1) is 17.4 Å². The van der Waals surface area contributed by atoms with Crippen molar-refractivity contribution in [2.24, 2.45) is 0 Å². The molecule has 2 aromatic heterocycles. The summed E-state index contributed by atoms with van der Waals surface area (Å²) < 4.78 is 39.2. The second-order valence-electron chi connectivity index (χ2n) is 4.97. The first-order valence-electron chi connectivity index (χ1n) is 6.58. The van der Waals surface area contributed by atoms with Crippen LogP contribution in [0.25, 0.3) is 16.8 Å². The number of halogens is 3. The molecule has 22 heavy (non-hydrogen) atoms. The third kappa shape index (κ3) is 2.86. The topological polar surface area (TPSA) is 30.7 Å². The molecule has 0 aliphatic rings. The van der Waals surface area contributed by atoms with Gasteiger partial charge >= 0.3 is 6.18 Å². The van der Waals surface area contributed by atoms with E-state index in [0.717, 1.165) is 28.8 Å². The summed E-state index contributed by atoms with van der Waals surface area (Å²) in [5, 5.41) is 4.19. The first-order valence-corrected chi connectivity index (χ1v) is 6.58. The average Bonchev–Trinajstić information content (AvgIpc) is 2.96. The van der Waals surface area contributed by atoms with Crippen LogP contribution in [0.4, 0.5) is 13.2 Å². The zero-order valence-electron chi connectivity index (χ0n) is 11.7. The molecule has 0 spiro atoms. The molecule has 3 rings (SSSR count). The van der Waals surface area contributed by atoms with Crippen molar-refractivity contribution >= 4 is 0 Å². The number of benzene rings is 1. The lowest BCUT2D eigenvalue weighted by molar-refractivity contribution is -0.137. The highest BCUT2D eigenvalue weighted by atomic mass is 19.4. The zero-order chi connectivity index (χ0) is 15.7. The number of alkyl halides is 3. The molecule has 0 aliphatic heterocycles. The Balaban J connectivity index is 1.91. The molecule has 0 saturated carbocycles. The lowest BCUT2D eigenvalue weighted by Gasteiger charge is -2.07. The molecule has 0 aliphatic carbocycles. The fourth-order valence-corrected chi connectivity index (χ4v) is 2.13. The van der Waals surface area contributed by atoms with E-state index in [4.69, 9.17) is 0 Å². The SMILES string of the molecule is Cc1cncc(-c2cnn(-c3ccc(C(F)(F)F)cc3)c2)c1. The maximum Gasteiger partial charge on any atom is 0.416 e. The highest BCUT2D eigenvalue weighted by molar-refractivity contribution is 5.61. The van der Waals surface area contributed by atoms with Gasteiger partial charge in [-0.25, -0.2) is 4.68 Å². The maximum atomic E-state index is 12.6. The average molecular weight is 303 g/mol. The van der Waals surface area contributed by atoms with Crippen LogP contribution in [0.5, 0.6) is 0 Å². The molecule has 0 unspecified atom stereocenters. The van der Waals surface area contributed by atoms with Crippen LogP contribution in [0.3, 0.4) is 0 Å². The van der Waals surface area contributed by atoms with E-state index in [-0.39, 0.29) is 0 Å². The quantitative estimate of drug-likeness (QED) is 0.708. The number of hydrogen-bond acceptors (Lipinski definition) is 2. The second-order valence-corrected chi connectivity index (χ2v) is 4.97. The van der Waals surface area contributed by atoms with Gasteiger partial charge in [0.2, 0.25) is 0 Å². The van der Waals surface area contributed by atoms with Gasteiger partial charge in [-0.1, -0.05) is 0 Å². The Kier molecular flexibility index (Phi) is 3.44. The number of nitrogens with zero attached hydrogens (tertiary/aromatic N) is 3. The van der Waals surface area contributed by atoms with Crippen molar-refractivity contribution in [2.45, 2.75) is 13.1 Å². The molecule has 0 radical (unpaired) electrons. The number of rotatable bonds is 2. The van der Waals surface area contributed by atoms with Crippen LogP contribution in [0.15, 0.2) is 55.1 Å². The fourth-order valence-electron chi connectivity index (χ4n) is 2.13. The summed E-state index contributed by atoms with van der Waals surface area (Å²) in [6, 6.07) is 6.86. The Morgan fingerprint density at radius 2 is 1.68 bits per heavy atom. The number of aryl methyl sites for hydroxylation is 1. The van der Waals surface area contributed by atoms with Crippen LogP contribution < -0.4 is 0 Å². The fraction of sp³-hybridized carbons (Fsp3) is 0.125. The van der Waals surface area contributed by atoms with Crippen molar-refractivity contribution in [1.82, 2.24) is 14.8 Å². The van der Waals surface area contributed by atoms with Crippen molar-refractivity contribution in [3.63, 3.8) is 0 Å². The van der Waals surface area contributed by atoms with Crippen molar-refractivity contribution in [3.8, 4) is 16.8 Å². The summed E-state index contributed by atoms with van der Waals surface area (Å²) in [5.74, 6) is 0. The van der Waals surface area contributed by atoms with E-state index in [0.29, 0.717) is 5.69 Å².